The van der Waals surface area contributed by atoms with E-state index in [0.717, 1.165) is 16.8 Å². The minimum atomic E-state index is -0.569. The van der Waals surface area contributed by atoms with Crippen molar-refractivity contribution in [2.45, 2.75) is 12.8 Å². The van der Waals surface area contributed by atoms with Crippen LogP contribution in [0.15, 0.2) is 41.1 Å². The van der Waals surface area contributed by atoms with Gasteiger partial charge >= 0.3 is 5.97 Å². The van der Waals surface area contributed by atoms with Gasteiger partial charge in [-0.1, -0.05) is 0 Å². The molecular formula is C18H15NO4S. The van der Waals surface area contributed by atoms with Gasteiger partial charge in [0.05, 0.1) is 5.92 Å². The molecular weight excluding hydrogens is 326 g/mol. The lowest BCUT2D eigenvalue weighted by atomic mass is 9.99. The van der Waals surface area contributed by atoms with Crippen LogP contribution in [0, 0.1) is 0 Å². The predicted octanol–water partition coefficient (Wildman–Crippen LogP) is 3.24. The second-order valence-corrected chi connectivity index (χ2v) is 6.21. The number of thiophene rings is 1. The van der Waals surface area contributed by atoms with Gasteiger partial charge < -0.3 is 10.1 Å². The first-order chi connectivity index (χ1) is 11.5. The molecule has 2 aromatic rings. The summed E-state index contributed by atoms with van der Waals surface area (Å²) in [5.41, 5.74) is 2.84. The number of hydrogen-bond acceptors (Lipinski definition) is 5. The molecule has 6 heteroatoms. The molecule has 3 rings (SSSR count). The summed E-state index contributed by atoms with van der Waals surface area (Å²) in [4.78, 5) is 35.4. The molecule has 1 aromatic heterocycles. The van der Waals surface area contributed by atoms with Crippen molar-refractivity contribution in [3.8, 4) is 0 Å². The Bertz CT molecular complexity index is 824. The number of Topliss-reactive ketones (excluding diaryl/α,β-unsaturated/α-hetero) is 1. The van der Waals surface area contributed by atoms with Gasteiger partial charge in [0.25, 0.3) is 0 Å². The van der Waals surface area contributed by atoms with Crippen LogP contribution in [0.3, 0.4) is 0 Å². The van der Waals surface area contributed by atoms with E-state index in [9.17, 15) is 14.4 Å². The molecule has 0 bridgehead atoms. The van der Waals surface area contributed by atoms with Crippen molar-refractivity contribution < 1.29 is 19.1 Å². The van der Waals surface area contributed by atoms with E-state index in [4.69, 9.17) is 4.74 Å². The lowest BCUT2D eigenvalue weighted by Crippen LogP contribution is -2.12. The van der Waals surface area contributed by atoms with Crippen molar-refractivity contribution in [3.05, 3.63) is 57.8 Å². The molecule has 0 fully saturated rings. The fourth-order valence-corrected chi connectivity index (χ4v) is 3.02. The van der Waals surface area contributed by atoms with Gasteiger partial charge in [-0.05, 0) is 59.2 Å². The van der Waals surface area contributed by atoms with Gasteiger partial charge in [-0.3, -0.25) is 9.59 Å². The number of rotatable bonds is 5. The summed E-state index contributed by atoms with van der Waals surface area (Å²) in [6.07, 6.45) is 2.93. The fraction of sp³-hybridized carbons (Fsp3) is 0.167. The summed E-state index contributed by atoms with van der Waals surface area (Å²) in [7, 11) is 0. The van der Waals surface area contributed by atoms with Gasteiger partial charge in [0, 0.05) is 17.3 Å². The van der Waals surface area contributed by atoms with E-state index < -0.39 is 5.97 Å². The van der Waals surface area contributed by atoms with E-state index >= 15 is 0 Å². The fourth-order valence-electron chi connectivity index (χ4n) is 2.39. The Labute approximate surface area is 143 Å². The van der Waals surface area contributed by atoms with E-state index in [0.29, 0.717) is 5.56 Å². The lowest BCUT2D eigenvalue weighted by molar-refractivity contribution is -0.136. The minimum absolute atomic E-state index is 0.0837. The summed E-state index contributed by atoms with van der Waals surface area (Å²) in [5.74, 6) is -1.24. The molecule has 2 heterocycles. The molecule has 0 radical (unpaired) electrons. The first kappa shape index (κ1) is 16.1. The molecule has 1 atom stereocenters. The van der Waals surface area contributed by atoms with Gasteiger partial charge in [0.2, 0.25) is 5.91 Å². The maximum absolute atomic E-state index is 12.2. The van der Waals surface area contributed by atoms with Gasteiger partial charge in [0.1, 0.15) is 0 Å². The highest BCUT2D eigenvalue weighted by Gasteiger charge is 2.27. The maximum atomic E-state index is 12.2. The van der Waals surface area contributed by atoms with Crippen LogP contribution in [0.4, 0.5) is 5.69 Å². The van der Waals surface area contributed by atoms with Crippen molar-refractivity contribution in [2.24, 2.45) is 0 Å². The zero-order valence-corrected chi connectivity index (χ0v) is 13.8. The summed E-state index contributed by atoms with van der Waals surface area (Å²) < 4.78 is 4.97. The third kappa shape index (κ3) is 3.44. The van der Waals surface area contributed by atoms with Crippen LogP contribution in [0.1, 0.15) is 34.3 Å². The van der Waals surface area contributed by atoms with Crippen LogP contribution >= 0.6 is 11.3 Å². The summed E-state index contributed by atoms with van der Waals surface area (Å²) in [6, 6.07) is 6.87. The molecule has 0 spiro atoms. The summed E-state index contributed by atoms with van der Waals surface area (Å²) >= 11 is 1.53. The number of carbonyl (C=O) groups is 3. The number of nitrogens with one attached hydrogen (secondary N) is 1. The Morgan fingerprint density at radius 1 is 1.33 bits per heavy atom. The molecule has 0 saturated heterocycles. The Kier molecular flexibility index (Phi) is 4.57. The van der Waals surface area contributed by atoms with Gasteiger partial charge in [0.15, 0.2) is 12.4 Å². The lowest BCUT2D eigenvalue weighted by Gasteiger charge is -2.05. The summed E-state index contributed by atoms with van der Waals surface area (Å²) in [6.45, 7) is 1.45. The Hall–Kier alpha value is -2.73. The zero-order chi connectivity index (χ0) is 17.1. The van der Waals surface area contributed by atoms with Crippen molar-refractivity contribution in [3.63, 3.8) is 0 Å². The second-order valence-electron chi connectivity index (χ2n) is 5.43. The topological polar surface area (TPSA) is 72.5 Å². The SMILES string of the molecule is C[C@@H]1C(=O)Nc2ccc(C(=O)COC(=O)/C=C/c3ccsc3)cc21. The molecule has 0 unspecified atom stereocenters. The van der Waals surface area contributed by atoms with Crippen LogP contribution in [0.25, 0.3) is 6.08 Å². The molecule has 0 saturated carbocycles. The highest BCUT2D eigenvalue weighted by molar-refractivity contribution is 7.08. The first-order valence-corrected chi connectivity index (χ1v) is 8.34. The van der Waals surface area contributed by atoms with Gasteiger partial charge in [-0.15, -0.1) is 0 Å². The molecule has 1 aromatic carbocycles. The zero-order valence-electron chi connectivity index (χ0n) is 12.9. The molecule has 1 amide bonds. The summed E-state index contributed by atoms with van der Waals surface area (Å²) in [5, 5.41) is 6.55. The molecule has 0 aliphatic carbocycles. The van der Waals surface area contributed by atoms with Gasteiger partial charge in [-0.2, -0.15) is 11.3 Å². The largest absolute Gasteiger partial charge is 0.454 e. The van der Waals surface area contributed by atoms with Crippen LogP contribution in [0.2, 0.25) is 0 Å². The Balaban J connectivity index is 1.60. The van der Waals surface area contributed by atoms with E-state index in [1.807, 2.05) is 16.8 Å². The van der Waals surface area contributed by atoms with Crippen molar-refractivity contribution in [2.75, 3.05) is 11.9 Å². The number of fused-ring (bicyclic) bond motifs is 1. The average Bonchev–Trinajstić information content (AvgIpc) is 3.19. The highest BCUT2D eigenvalue weighted by atomic mass is 32.1. The maximum Gasteiger partial charge on any atom is 0.331 e. The number of ketones is 1. The van der Waals surface area contributed by atoms with Crippen molar-refractivity contribution in [1.29, 1.82) is 0 Å². The van der Waals surface area contributed by atoms with Crippen LogP contribution < -0.4 is 5.32 Å². The Morgan fingerprint density at radius 3 is 2.92 bits per heavy atom. The van der Waals surface area contributed by atoms with Crippen LogP contribution in [0.5, 0.6) is 0 Å². The predicted molar refractivity (Wildman–Crippen MR) is 92.1 cm³/mol. The second kappa shape index (κ2) is 6.80. The number of amides is 1. The number of anilines is 1. The average molecular weight is 341 g/mol. The number of ether oxygens (including phenoxy) is 1. The van der Waals surface area contributed by atoms with E-state index in [1.54, 1.807) is 31.2 Å². The van der Waals surface area contributed by atoms with Gasteiger partial charge in [-0.25, -0.2) is 4.79 Å². The molecule has 1 aliphatic rings. The number of hydrogen-bond donors (Lipinski definition) is 1. The minimum Gasteiger partial charge on any atom is -0.454 e. The Morgan fingerprint density at radius 2 is 2.17 bits per heavy atom. The molecule has 24 heavy (non-hydrogen) atoms. The third-order valence-electron chi connectivity index (χ3n) is 3.79. The third-order valence-corrected chi connectivity index (χ3v) is 4.49. The molecule has 1 aliphatic heterocycles. The quantitative estimate of drug-likeness (QED) is 0.515. The van der Waals surface area contributed by atoms with Crippen LogP contribution in [-0.4, -0.2) is 24.3 Å². The van der Waals surface area contributed by atoms with E-state index in [-0.39, 0.29) is 24.2 Å². The standard InChI is InChI=1S/C18H15NO4S/c1-11-14-8-13(3-4-15(14)19-18(11)22)16(20)9-23-17(21)5-2-12-6-7-24-10-12/h2-8,10-11H,9H2,1H3,(H,19,22)/b5-2+/t11-/m0/s1. The van der Waals surface area contributed by atoms with Crippen LogP contribution in [-0.2, 0) is 14.3 Å². The van der Waals surface area contributed by atoms with Crippen molar-refractivity contribution in [1.82, 2.24) is 0 Å². The number of esters is 1. The smallest absolute Gasteiger partial charge is 0.331 e. The van der Waals surface area contributed by atoms with E-state index in [1.165, 1.54) is 17.4 Å². The molecule has 5 nitrogen and oxygen atoms in total. The first-order valence-electron chi connectivity index (χ1n) is 7.39. The molecule has 1 N–H and O–H groups in total. The number of carbonyl (C=O) groups excluding carboxylic acids is 3. The molecule has 122 valence electrons. The number of benzene rings is 1. The normalized spacial score (nSPS) is 16.0. The monoisotopic (exact) mass is 341 g/mol. The van der Waals surface area contributed by atoms with E-state index in [2.05, 4.69) is 5.32 Å². The highest BCUT2D eigenvalue weighted by Crippen LogP contribution is 2.32. The van der Waals surface area contributed by atoms with Crippen molar-refractivity contribution >= 4 is 40.8 Å².